The molecular weight excluding hydrogens is 254 g/mol. The molecule has 0 aliphatic heterocycles. The van der Waals surface area contributed by atoms with Crippen LogP contribution in [0.2, 0.25) is 5.02 Å². The molecule has 0 fully saturated rings. The zero-order chi connectivity index (χ0) is 12.8. The van der Waals surface area contributed by atoms with Crippen molar-refractivity contribution in [2.24, 2.45) is 5.84 Å². The maximum atomic E-state index is 12.2. The van der Waals surface area contributed by atoms with Crippen LogP contribution < -0.4 is 16.0 Å². The number of rotatable bonds is 5. The second kappa shape index (κ2) is 6.36. The molecule has 1 aromatic carbocycles. The third-order valence-electron chi connectivity index (χ3n) is 1.96. The number of alkyl halides is 2. The molecule has 3 N–H and O–H groups in total. The van der Waals surface area contributed by atoms with E-state index in [1.165, 1.54) is 18.2 Å². The Morgan fingerprint density at radius 3 is 2.59 bits per heavy atom. The summed E-state index contributed by atoms with van der Waals surface area (Å²) in [7, 11) is 0. The molecule has 7 heteroatoms. The molecule has 17 heavy (non-hydrogen) atoms. The van der Waals surface area contributed by atoms with Gasteiger partial charge < -0.3 is 4.74 Å². The largest absolute Gasteiger partial charge is 0.483 e. The Hall–Kier alpha value is -1.40. The third-order valence-corrected chi connectivity index (χ3v) is 2.26. The highest BCUT2D eigenvalue weighted by atomic mass is 35.5. The summed E-state index contributed by atoms with van der Waals surface area (Å²) in [6.07, 6.45) is -1.19. The predicted molar refractivity (Wildman–Crippen MR) is 59.5 cm³/mol. The number of nitrogens with two attached hydrogens (primary N) is 1. The van der Waals surface area contributed by atoms with Crippen molar-refractivity contribution in [3.8, 4) is 5.75 Å². The minimum Gasteiger partial charge on any atom is -0.483 e. The van der Waals surface area contributed by atoms with Crippen LogP contribution in [-0.4, -0.2) is 25.4 Å². The summed E-state index contributed by atoms with van der Waals surface area (Å²) in [4.78, 5) is 11.2. The zero-order valence-corrected chi connectivity index (χ0v) is 9.51. The fourth-order valence-electron chi connectivity index (χ4n) is 1.10. The summed E-state index contributed by atoms with van der Waals surface area (Å²) in [5, 5.41) is 0.0815. The molecule has 0 aliphatic carbocycles. The molecule has 0 spiro atoms. The van der Waals surface area contributed by atoms with Gasteiger partial charge in [0, 0.05) is 5.56 Å². The number of hydrogen-bond acceptors (Lipinski definition) is 3. The highest BCUT2D eigenvalue weighted by molar-refractivity contribution is 6.32. The van der Waals surface area contributed by atoms with Crippen molar-refractivity contribution in [1.29, 1.82) is 0 Å². The Labute approximate surface area is 102 Å². The second-order valence-corrected chi connectivity index (χ2v) is 3.57. The summed E-state index contributed by atoms with van der Waals surface area (Å²) in [5.74, 6) is 4.53. The van der Waals surface area contributed by atoms with Gasteiger partial charge in [-0.15, -0.1) is 0 Å². The van der Waals surface area contributed by atoms with E-state index in [9.17, 15) is 13.6 Å². The van der Waals surface area contributed by atoms with Crippen LogP contribution in [0.3, 0.4) is 0 Å². The topological polar surface area (TPSA) is 64.3 Å². The van der Waals surface area contributed by atoms with Gasteiger partial charge in [-0.2, -0.15) is 0 Å². The summed E-state index contributed by atoms with van der Waals surface area (Å²) in [6, 6.07) is 4.04. The van der Waals surface area contributed by atoms with Gasteiger partial charge in [0.05, 0.1) is 5.02 Å². The molecule has 1 amide bonds. The average molecular weight is 265 g/mol. The van der Waals surface area contributed by atoms with Crippen LogP contribution in [0.5, 0.6) is 5.75 Å². The maximum absolute atomic E-state index is 12.2. The van der Waals surface area contributed by atoms with E-state index in [-0.39, 0.29) is 16.3 Å². The number of hydrogen-bond donors (Lipinski definition) is 2. The maximum Gasteiger partial charge on any atom is 0.265 e. The molecule has 94 valence electrons. The Kier molecular flexibility index (Phi) is 5.11. The van der Waals surface area contributed by atoms with E-state index in [2.05, 4.69) is 0 Å². The lowest BCUT2D eigenvalue weighted by Crippen LogP contribution is -2.30. The lowest BCUT2D eigenvalue weighted by Gasteiger charge is -2.14. The van der Waals surface area contributed by atoms with Crippen molar-refractivity contribution in [3.05, 3.63) is 28.8 Å². The molecule has 0 radical (unpaired) electrons. The second-order valence-electron chi connectivity index (χ2n) is 3.17. The summed E-state index contributed by atoms with van der Waals surface area (Å²) >= 11 is 5.80. The first-order valence-corrected chi connectivity index (χ1v) is 5.09. The van der Waals surface area contributed by atoms with Gasteiger partial charge in [-0.05, 0) is 18.2 Å². The standard InChI is InChI=1S/C10H11ClF2N2O2/c11-8-3-6(10(16)15-14)1-2-9(8)17-7(4-12)5-13/h1-3,7H,4-5,14H2,(H,15,16). The molecule has 1 rings (SSSR count). The van der Waals surface area contributed by atoms with E-state index < -0.39 is 25.4 Å². The van der Waals surface area contributed by atoms with Crippen LogP contribution in [0, 0.1) is 0 Å². The Morgan fingerprint density at radius 2 is 2.12 bits per heavy atom. The first kappa shape index (κ1) is 13.7. The van der Waals surface area contributed by atoms with Gasteiger partial charge in [-0.1, -0.05) is 11.6 Å². The number of nitrogens with one attached hydrogen (secondary N) is 1. The van der Waals surface area contributed by atoms with Crippen molar-refractivity contribution in [3.63, 3.8) is 0 Å². The number of carbonyl (C=O) groups is 1. The van der Waals surface area contributed by atoms with Crippen molar-refractivity contribution in [2.45, 2.75) is 6.10 Å². The predicted octanol–water partition coefficient (Wildman–Crippen LogP) is 1.63. The Bertz CT molecular complexity index is 400. The fraction of sp³-hybridized carbons (Fsp3) is 0.300. The fourth-order valence-corrected chi connectivity index (χ4v) is 1.33. The molecule has 1 aromatic rings. The van der Waals surface area contributed by atoms with Crippen LogP contribution in [0.1, 0.15) is 10.4 Å². The van der Waals surface area contributed by atoms with Gasteiger partial charge >= 0.3 is 0 Å². The monoisotopic (exact) mass is 264 g/mol. The highest BCUT2D eigenvalue weighted by Gasteiger charge is 2.13. The molecule has 0 saturated heterocycles. The van der Waals surface area contributed by atoms with Crippen molar-refractivity contribution < 1.29 is 18.3 Å². The molecule has 4 nitrogen and oxygen atoms in total. The third kappa shape index (κ3) is 3.54. The van der Waals surface area contributed by atoms with Gasteiger partial charge in [-0.25, -0.2) is 14.6 Å². The number of benzene rings is 1. The van der Waals surface area contributed by atoms with Crippen molar-refractivity contribution in [2.75, 3.05) is 13.3 Å². The van der Waals surface area contributed by atoms with Crippen molar-refractivity contribution >= 4 is 17.5 Å². The van der Waals surface area contributed by atoms with E-state index in [0.717, 1.165) is 0 Å². The van der Waals surface area contributed by atoms with Crippen LogP contribution in [0.25, 0.3) is 0 Å². The first-order chi connectivity index (χ1) is 8.12. The number of amides is 1. The smallest absolute Gasteiger partial charge is 0.265 e. The van der Waals surface area contributed by atoms with Gasteiger partial charge in [-0.3, -0.25) is 10.2 Å². The molecule has 0 heterocycles. The van der Waals surface area contributed by atoms with Crippen molar-refractivity contribution in [1.82, 2.24) is 5.43 Å². The van der Waals surface area contributed by atoms with Crippen LogP contribution in [0.4, 0.5) is 8.78 Å². The van der Waals surface area contributed by atoms with Crippen LogP contribution in [-0.2, 0) is 0 Å². The average Bonchev–Trinajstić information content (AvgIpc) is 2.36. The zero-order valence-electron chi connectivity index (χ0n) is 8.75. The number of nitrogen functional groups attached to an aromatic ring is 1. The molecule has 0 bridgehead atoms. The highest BCUT2D eigenvalue weighted by Crippen LogP contribution is 2.26. The molecular formula is C10H11ClF2N2O2. The molecule has 0 atom stereocenters. The minimum atomic E-state index is -1.19. The molecule has 0 saturated carbocycles. The number of halogens is 3. The molecule has 0 aromatic heterocycles. The number of carbonyl (C=O) groups excluding carboxylic acids is 1. The first-order valence-electron chi connectivity index (χ1n) is 4.71. The number of hydrazine groups is 1. The van der Waals surface area contributed by atoms with E-state index in [1.54, 1.807) is 0 Å². The van der Waals surface area contributed by atoms with Gasteiger partial charge in [0.25, 0.3) is 5.91 Å². The van der Waals surface area contributed by atoms with Gasteiger partial charge in [0.2, 0.25) is 0 Å². The molecule has 0 unspecified atom stereocenters. The Morgan fingerprint density at radius 1 is 1.47 bits per heavy atom. The summed E-state index contributed by atoms with van der Waals surface area (Å²) < 4.78 is 29.5. The quantitative estimate of drug-likeness (QED) is 0.483. The van der Waals surface area contributed by atoms with Gasteiger partial charge in [0.1, 0.15) is 19.1 Å². The van der Waals surface area contributed by atoms with Gasteiger partial charge in [0.15, 0.2) is 6.10 Å². The minimum absolute atomic E-state index is 0.0815. The lowest BCUT2D eigenvalue weighted by molar-refractivity contribution is 0.0953. The van der Waals surface area contributed by atoms with E-state index in [0.29, 0.717) is 0 Å². The molecule has 0 aliphatic rings. The van der Waals surface area contributed by atoms with Crippen LogP contribution >= 0.6 is 11.6 Å². The summed E-state index contributed by atoms with van der Waals surface area (Å²) in [5.41, 5.74) is 2.16. The summed E-state index contributed by atoms with van der Waals surface area (Å²) in [6.45, 7) is -1.92. The van der Waals surface area contributed by atoms with E-state index in [4.69, 9.17) is 22.2 Å². The Balaban J connectivity index is 2.86. The normalized spacial score (nSPS) is 10.4. The lowest BCUT2D eigenvalue weighted by atomic mass is 10.2. The SMILES string of the molecule is NNC(=O)c1ccc(OC(CF)CF)c(Cl)c1. The van der Waals surface area contributed by atoms with E-state index in [1.807, 2.05) is 5.43 Å². The van der Waals surface area contributed by atoms with Crippen LogP contribution in [0.15, 0.2) is 18.2 Å². The number of ether oxygens (including phenoxy) is 1. The van der Waals surface area contributed by atoms with E-state index >= 15 is 0 Å².